The number of rotatable bonds is 3. The van der Waals surface area contributed by atoms with Gasteiger partial charge in [0, 0.05) is 0 Å². The van der Waals surface area contributed by atoms with E-state index >= 15 is 0 Å². The van der Waals surface area contributed by atoms with Crippen LogP contribution in [0.3, 0.4) is 0 Å². The zero-order chi connectivity index (χ0) is 12.1. The van der Waals surface area contributed by atoms with Crippen LogP contribution in [-0.4, -0.2) is 30.1 Å². The zero-order valence-corrected chi connectivity index (χ0v) is 9.70. The Balaban J connectivity index is 4.82. The Kier molecular flexibility index (Phi) is 4.77. The molecule has 6 nitrogen and oxygen atoms in total. The lowest BCUT2D eigenvalue weighted by Gasteiger charge is -2.19. The fourth-order valence-corrected chi connectivity index (χ4v) is 0.730. The van der Waals surface area contributed by atoms with Crippen molar-refractivity contribution >= 4 is 17.4 Å². The van der Waals surface area contributed by atoms with Crippen molar-refractivity contribution in [1.82, 2.24) is 0 Å². The van der Waals surface area contributed by atoms with Crippen LogP contribution in [0.25, 0.3) is 0 Å². The SMILES string of the molecule is CON=C(C(=O)OC(C)(C)C)C(C)=NN. The molecule has 0 fully saturated rings. The molecule has 0 aromatic carbocycles. The smallest absolute Gasteiger partial charge is 0.362 e. The monoisotopic (exact) mass is 215 g/mol. The van der Waals surface area contributed by atoms with E-state index in [0.717, 1.165) is 0 Å². The quantitative estimate of drug-likeness (QED) is 0.324. The Morgan fingerprint density at radius 3 is 2.20 bits per heavy atom. The summed E-state index contributed by atoms with van der Waals surface area (Å²) >= 11 is 0. The summed E-state index contributed by atoms with van der Waals surface area (Å²) in [6, 6.07) is 0. The van der Waals surface area contributed by atoms with Crippen LogP contribution in [0, 0.1) is 0 Å². The van der Waals surface area contributed by atoms with E-state index in [9.17, 15) is 4.79 Å². The molecule has 0 rings (SSSR count). The first kappa shape index (κ1) is 13.4. The van der Waals surface area contributed by atoms with Gasteiger partial charge in [-0.05, 0) is 27.7 Å². The predicted molar refractivity (Wildman–Crippen MR) is 57.6 cm³/mol. The minimum absolute atomic E-state index is 0.0325. The summed E-state index contributed by atoms with van der Waals surface area (Å²) in [5, 5.41) is 6.87. The Hall–Kier alpha value is -1.59. The number of esters is 1. The van der Waals surface area contributed by atoms with Crippen LogP contribution in [0.15, 0.2) is 10.3 Å². The topological polar surface area (TPSA) is 86.3 Å². The van der Waals surface area contributed by atoms with Gasteiger partial charge in [0.25, 0.3) is 0 Å². The number of oxime groups is 1. The van der Waals surface area contributed by atoms with Gasteiger partial charge in [0.15, 0.2) is 0 Å². The number of carbonyl (C=O) groups is 1. The summed E-state index contributed by atoms with van der Waals surface area (Å²) in [6.45, 7) is 6.81. The van der Waals surface area contributed by atoms with Crippen LogP contribution < -0.4 is 5.84 Å². The predicted octanol–water partition coefficient (Wildman–Crippen LogP) is 0.665. The van der Waals surface area contributed by atoms with Crippen LogP contribution in [0.2, 0.25) is 0 Å². The zero-order valence-electron chi connectivity index (χ0n) is 9.70. The molecule has 86 valence electrons. The molecule has 0 amide bonds. The number of hydrazone groups is 1. The second kappa shape index (κ2) is 5.33. The normalized spacial score (nSPS) is 13.7. The number of nitrogens with two attached hydrogens (primary N) is 1. The van der Waals surface area contributed by atoms with Crippen molar-refractivity contribution in [2.45, 2.75) is 33.3 Å². The molecule has 0 saturated heterocycles. The molecule has 15 heavy (non-hydrogen) atoms. The van der Waals surface area contributed by atoms with Crippen molar-refractivity contribution in [2.75, 3.05) is 7.11 Å². The molecule has 0 aromatic heterocycles. The van der Waals surface area contributed by atoms with E-state index in [1.165, 1.54) is 7.11 Å². The number of nitrogens with zero attached hydrogens (tertiary/aromatic N) is 2. The van der Waals surface area contributed by atoms with Gasteiger partial charge in [-0.1, -0.05) is 5.16 Å². The minimum Gasteiger partial charge on any atom is -0.455 e. The Morgan fingerprint density at radius 1 is 1.33 bits per heavy atom. The van der Waals surface area contributed by atoms with Gasteiger partial charge >= 0.3 is 5.97 Å². The molecule has 0 atom stereocenters. The first-order valence-electron chi connectivity index (χ1n) is 4.41. The fraction of sp³-hybridized carbons (Fsp3) is 0.667. The van der Waals surface area contributed by atoms with Gasteiger partial charge in [-0.15, -0.1) is 0 Å². The van der Waals surface area contributed by atoms with Crippen LogP contribution in [0.5, 0.6) is 0 Å². The van der Waals surface area contributed by atoms with E-state index in [1.807, 2.05) is 0 Å². The Bertz CT molecular complexity index is 289. The van der Waals surface area contributed by atoms with Crippen LogP contribution in [-0.2, 0) is 14.4 Å². The second-order valence-electron chi connectivity index (χ2n) is 3.84. The third-order valence-electron chi connectivity index (χ3n) is 1.31. The van der Waals surface area contributed by atoms with Gasteiger partial charge in [0.05, 0.1) is 5.71 Å². The van der Waals surface area contributed by atoms with Crippen molar-refractivity contribution in [2.24, 2.45) is 16.1 Å². The molecule has 0 aliphatic heterocycles. The highest BCUT2D eigenvalue weighted by molar-refractivity contribution is 6.65. The van der Waals surface area contributed by atoms with E-state index in [1.54, 1.807) is 27.7 Å². The molecule has 0 aliphatic carbocycles. The number of hydrogen-bond donors (Lipinski definition) is 1. The first-order chi connectivity index (χ1) is 6.81. The second-order valence-corrected chi connectivity index (χ2v) is 3.84. The average Bonchev–Trinajstić information content (AvgIpc) is 2.10. The highest BCUT2D eigenvalue weighted by Crippen LogP contribution is 2.08. The summed E-state index contributed by atoms with van der Waals surface area (Å²) in [5.74, 6) is 4.43. The molecule has 0 saturated carbocycles. The lowest BCUT2D eigenvalue weighted by molar-refractivity contribution is -0.146. The van der Waals surface area contributed by atoms with Crippen LogP contribution in [0.4, 0.5) is 0 Å². The van der Waals surface area contributed by atoms with E-state index in [0.29, 0.717) is 0 Å². The van der Waals surface area contributed by atoms with Gasteiger partial charge in [-0.3, -0.25) is 0 Å². The van der Waals surface area contributed by atoms with Gasteiger partial charge < -0.3 is 15.4 Å². The van der Waals surface area contributed by atoms with E-state index in [4.69, 9.17) is 10.6 Å². The number of carbonyl (C=O) groups excluding carboxylic acids is 1. The molecule has 0 aromatic rings. The van der Waals surface area contributed by atoms with Crippen molar-refractivity contribution in [3.8, 4) is 0 Å². The van der Waals surface area contributed by atoms with E-state index < -0.39 is 11.6 Å². The maximum absolute atomic E-state index is 11.6. The summed E-state index contributed by atoms with van der Waals surface area (Å²) in [6.07, 6.45) is 0. The lowest BCUT2D eigenvalue weighted by atomic mass is 10.2. The maximum Gasteiger partial charge on any atom is 0.362 e. The first-order valence-corrected chi connectivity index (χ1v) is 4.41. The molecular formula is C9H17N3O3. The molecule has 0 bridgehead atoms. The largest absolute Gasteiger partial charge is 0.455 e. The van der Waals surface area contributed by atoms with Crippen LogP contribution in [0.1, 0.15) is 27.7 Å². The third-order valence-corrected chi connectivity index (χ3v) is 1.31. The summed E-state index contributed by atoms with van der Waals surface area (Å²) < 4.78 is 5.09. The summed E-state index contributed by atoms with van der Waals surface area (Å²) in [5.41, 5.74) is -0.374. The molecule has 0 unspecified atom stereocenters. The highest BCUT2D eigenvalue weighted by atomic mass is 16.6. The van der Waals surface area contributed by atoms with Crippen molar-refractivity contribution < 1.29 is 14.4 Å². The minimum atomic E-state index is -0.615. The average molecular weight is 215 g/mol. The number of ether oxygens (including phenoxy) is 1. The molecular weight excluding hydrogens is 198 g/mol. The Morgan fingerprint density at radius 2 is 1.87 bits per heavy atom. The third kappa shape index (κ3) is 4.99. The molecule has 0 heterocycles. The molecule has 6 heteroatoms. The summed E-state index contributed by atoms with van der Waals surface area (Å²) in [7, 11) is 1.33. The molecule has 0 radical (unpaired) electrons. The van der Waals surface area contributed by atoms with Gasteiger partial charge in [0.1, 0.15) is 12.7 Å². The van der Waals surface area contributed by atoms with Gasteiger partial charge in [-0.25, -0.2) is 4.79 Å². The fourth-order valence-electron chi connectivity index (χ4n) is 0.730. The molecule has 0 aliphatic rings. The Labute approximate surface area is 89.1 Å². The molecule has 0 spiro atoms. The van der Waals surface area contributed by atoms with Crippen molar-refractivity contribution in [3.05, 3.63) is 0 Å². The maximum atomic E-state index is 11.6. The van der Waals surface area contributed by atoms with E-state index in [2.05, 4.69) is 15.1 Å². The van der Waals surface area contributed by atoms with Crippen LogP contribution >= 0.6 is 0 Å². The number of hydrogen-bond acceptors (Lipinski definition) is 6. The lowest BCUT2D eigenvalue weighted by Crippen LogP contribution is -2.32. The standard InChI is InChI=1S/C9H17N3O3/c1-6(11-10)7(12-14-5)8(13)15-9(2,3)4/h10H2,1-5H3. The highest BCUT2D eigenvalue weighted by Gasteiger charge is 2.23. The summed E-state index contributed by atoms with van der Waals surface area (Å²) in [4.78, 5) is 16.1. The van der Waals surface area contributed by atoms with E-state index in [-0.39, 0.29) is 11.4 Å². The van der Waals surface area contributed by atoms with Gasteiger partial charge in [0.2, 0.25) is 5.71 Å². The van der Waals surface area contributed by atoms with Crippen molar-refractivity contribution in [1.29, 1.82) is 0 Å². The van der Waals surface area contributed by atoms with Gasteiger partial charge in [-0.2, -0.15) is 5.10 Å². The molecule has 2 N–H and O–H groups in total. The van der Waals surface area contributed by atoms with Crippen molar-refractivity contribution in [3.63, 3.8) is 0 Å².